The highest BCUT2D eigenvalue weighted by atomic mass is 16.1. The van der Waals surface area contributed by atoms with Crippen LogP contribution in [0.5, 0.6) is 0 Å². The minimum Gasteiger partial charge on any atom is -0.299 e. The van der Waals surface area contributed by atoms with E-state index in [1.165, 1.54) is 0 Å². The van der Waals surface area contributed by atoms with E-state index in [4.69, 9.17) is 0 Å². The lowest BCUT2D eigenvalue weighted by atomic mass is 9.91. The molecule has 2 fully saturated rings. The molecule has 3 aliphatic rings. The van der Waals surface area contributed by atoms with Gasteiger partial charge in [0.2, 0.25) is 0 Å². The number of hydrogen-bond donors (Lipinski definition) is 0. The van der Waals surface area contributed by atoms with Gasteiger partial charge in [-0.1, -0.05) is 38.2 Å². The van der Waals surface area contributed by atoms with Crippen molar-refractivity contribution >= 4 is 5.78 Å². The lowest BCUT2D eigenvalue weighted by Crippen LogP contribution is -2.17. The van der Waals surface area contributed by atoms with Gasteiger partial charge in [-0.25, -0.2) is 0 Å². The number of allylic oxidation sites excluding steroid dienone is 4. The van der Waals surface area contributed by atoms with Crippen molar-refractivity contribution in [2.75, 3.05) is 0 Å². The van der Waals surface area contributed by atoms with Crippen molar-refractivity contribution in [1.29, 1.82) is 0 Å². The zero-order valence-electron chi connectivity index (χ0n) is 8.08. The molecule has 0 heterocycles. The zero-order valence-corrected chi connectivity index (χ0v) is 8.08. The van der Waals surface area contributed by atoms with Gasteiger partial charge in [-0.3, -0.25) is 4.79 Å². The van der Waals surface area contributed by atoms with Crippen LogP contribution in [0.2, 0.25) is 0 Å². The largest absolute Gasteiger partial charge is 0.299 e. The highest BCUT2D eigenvalue weighted by Crippen LogP contribution is 2.78. The van der Waals surface area contributed by atoms with E-state index in [9.17, 15) is 4.79 Å². The number of fused-ring (bicyclic) bond motifs is 1. The van der Waals surface area contributed by atoms with Gasteiger partial charge in [0, 0.05) is 22.7 Å². The minimum absolute atomic E-state index is 0.0457. The number of hydrogen-bond acceptors (Lipinski definition) is 1. The quantitative estimate of drug-likeness (QED) is 0.551. The minimum atomic E-state index is -0.0457. The van der Waals surface area contributed by atoms with Gasteiger partial charge in [0.15, 0.2) is 0 Å². The van der Waals surface area contributed by atoms with Crippen molar-refractivity contribution in [1.82, 2.24) is 0 Å². The lowest BCUT2D eigenvalue weighted by molar-refractivity contribution is -0.125. The molecule has 0 amide bonds. The summed E-state index contributed by atoms with van der Waals surface area (Å²) in [7, 11) is 0. The second kappa shape index (κ2) is 1.82. The molecule has 0 N–H and O–H groups in total. The van der Waals surface area contributed by atoms with Gasteiger partial charge < -0.3 is 0 Å². The van der Waals surface area contributed by atoms with Crippen molar-refractivity contribution < 1.29 is 4.79 Å². The predicted molar refractivity (Wildman–Crippen MR) is 51.1 cm³/mol. The summed E-state index contributed by atoms with van der Waals surface area (Å²) in [6, 6.07) is 0. The Bertz CT molecular complexity index is 348. The highest BCUT2D eigenvalue weighted by molar-refractivity contribution is 5.95. The third-order valence-electron chi connectivity index (χ3n) is 4.47. The molecule has 0 saturated heterocycles. The first-order valence-corrected chi connectivity index (χ1v) is 5.03. The fourth-order valence-electron chi connectivity index (χ4n) is 3.70. The van der Waals surface area contributed by atoms with Crippen LogP contribution in [0.1, 0.15) is 20.3 Å². The maximum Gasteiger partial charge on any atom is 0.143 e. The Morgan fingerprint density at radius 1 is 1.46 bits per heavy atom. The van der Waals surface area contributed by atoms with Gasteiger partial charge in [0.1, 0.15) is 5.78 Å². The van der Waals surface area contributed by atoms with Gasteiger partial charge in [0.25, 0.3) is 0 Å². The number of carbonyl (C=O) groups excluding carboxylic acids is 1. The van der Waals surface area contributed by atoms with Crippen molar-refractivity contribution in [3.05, 3.63) is 24.3 Å². The van der Waals surface area contributed by atoms with Gasteiger partial charge in [-0.15, -0.1) is 0 Å². The van der Waals surface area contributed by atoms with Crippen LogP contribution >= 0.6 is 0 Å². The molecule has 3 rings (SSSR count). The standard InChI is InChI=1S/C12H14O/c1-8-7-12-6-4-3-5-9(12)11(12,2)10(8)13/h3-6,8-9H,7H2,1-2H3. The predicted octanol–water partition coefficient (Wildman–Crippen LogP) is 2.34. The van der Waals surface area contributed by atoms with E-state index >= 15 is 0 Å². The Balaban J connectivity index is 2.12. The maximum absolute atomic E-state index is 12.0. The molecule has 13 heavy (non-hydrogen) atoms. The molecule has 0 bridgehead atoms. The molecule has 0 aliphatic heterocycles. The zero-order chi connectivity index (χ0) is 9.27. The van der Waals surface area contributed by atoms with Crippen LogP contribution in [0, 0.1) is 22.7 Å². The average Bonchev–Trinajstić information content (AvgIpc) is 2.60. The Kier molecular flexibility index (Phi) is 1.05. The van der Waals surface area contributed by atoms with E-state index in [1.807, 2.05) is 0 Å². The molecule has 4 unspecified atom stereocenters. The first kappa shape index (κ1) is 7.54. The summed E-state index contributed by atoms with van der Waals surface area (Å²) in [6.45, 7) is 4.21. The fraction of sp³-hybridized carbons (Fsp3) is 0.583. The molecule has 3 aliphatic carbocycles. The topological polar surface area (TPSA) is 17.1 Å². The second-order valence-electron chi connectivity index (χ2n) is 4.93. The number of carbonyl (C=O) groups is 1. The molecule has 4 atom stereocenters. The smallest absolute Gasteiger partial charge is 0.143 e. The third-order valence-corrected chi connectivity index (χ3v) is 4.47. The summed E-state index contributed by atoms with van der Waals surface area (Å²) in [5.74, 6) is 1.26. The molecule has 0 aromatic heterocycles. The van der Waals surface area contributed by atoms with Crippen molar-refractivity contribution in [2.24, 2.45) is 22.7 Å². The summed E-state index contributed by atoms with van der Waals surface area (Å²) >= 11 is 0. The monoisotopic (exact) mass is 174 g/mol. The van der Waals surface area contributed by atoms with E-state index in [2.05, 4.69) is 38.2 Å². The Hall–Kier alpha value is -0.850. The average molecular weight is 174 g/mol. The summed E-state index contributed by atoms with van der Waals surface area (Å²) in [6.07, 6.45) is 9.72. The van der Waals surface area contributed by atoms with Crippen LogP contribution in [0.15, 0.2) is 24.3 Å². The Morgan fingerprint density at radius 3 is 3.00 bits per heavy atom. The number of Topliss-reactive ketones (excluding diaryl/α,β-unsaturated/α-hetero) is 1. The van der Waals surface area contributed by atoms with Crippen LogP contribution in [0.25, 0.3) is 0 Å². The molecular weight excluding hydrogens is 160 g/mol. The summed E-state index contributed by atoms with van der Waals surface area (Å²) in [4.78, 5) is 12.0. The maximum atomic E-state index is 12.0. The van der Waals surface area contributed by atoms with Crippen LogP contribution in [0.3, 0.4) is 0 Å². The van der Waals surface area contributed by atoms with E-state index in [1.54, 1.807) is 0 Å². The summed E-state index contributed by atoms with van der Waals surface area (Å²) < 4.78 is 0. The first-order chi connectivity index (χ1) is 6.13. The van der Waals surface area contributed by atoms with Gasteiger partial charge >= 0.3 is 0 Å². The van der Waals surface area contributed by atoms with Crippen molar-refractivity contribution in [3.8, 4) is 0 Å². The van der Waals surface area contributed by atoms with E-state index < -0.39 is 0 Å². The Morgan fingerprint density at radius 2 is 2.23 bits per heavy atom. The molecule has 2 saturated carbocycles. The van der Waals surface area contributed by atoms with Crippen LogP contribution in [-0.4, -0.2) is 5.78 Å². The molecule has 68 valence electrons. The fourth-order valence-corrected chi connectivity index (χ4v) is 3.70. The van der Waals surface area contributed by atoms with Gasteiger partial charge in [-0.05, 0) is 6.42 Å². The number of ketones is 1. The van der Waals surface area contributed by atoms with Crippen LogP contribution in [0.4, 0.5) is 0 Å². The van der Waals surface area contributed by atoms with Gasteiger partial charge in [-0.2, -0.15) is 0 Å². The molecule has 0 aromatic rings. The second-order valence-corrected chi connectivity index (χ2v) is 4.93. The SMILES string of the molecule is CC1CC23C=CC=CC2C3(C)C1=O. The lowest BCUT2D eigenvalue weighted by Gasteiger charge is -2.12. The normalized spacial score (nSPS) is 56.3. The van der Waals surface area contributed by atoms with Crippen LogP contribution in [-0.2, 0) is 4.79 Å². The molecule has 1 nitrogen and oxygen atoms in total. The number of rotatable bonds is 0. The molecule has 1 spiro atoms. The molecule has 1 heteroatoms. The summed E-state index contributed by atoms with van der Waals surface area (Å²) in [5.41, 5.74) is 0.175. The molecule has 0 radical (unpaired) electrons. The highest BCUT2D eigenvalue weighted by Gasteiger charge is 2.79. The summed E-state index contributed by atoms with van der Waals surface area (Å²) in [5, 5.41) is 0. The first-order valence-electron chi connectivity index (χ1n) is 5.03. The van der Waals surface area contributed by atoms with E-state index in [0.717, 1.165) is 6.42 Å². The van der Waals surface area contributed by atoms with Gasteiger partial charge in [0.05, 0.1) is 0 Å². The van der Waals surface area contributed by atoms with Crippen molar-refractivity contribution in [2.45, 2.75) is 20.3 Å². The molecular formula is C12H14O. The Labute approximate surface area is 78.5 Å². The van der Waals surface area contributed by atoms with Crippen molar-refractivity contribution in [3.63, 3.8) is 0 Å². The molecule has 0 aromatic carbocycles. The van der Waals surface area contributed by atoms with Crippen LogP contribution < -0.4 is 0 Å². The van der Waals surface area contributed by atoms with E-state index in [-0.39, 0.29) is 16.7 Å². The third kappa shape index (κ3) is 0.551. The van der Waals surface area contributed by atoms with E-state index in [0.29, 0.717) is 11.7 Å².